The molecule has 1 heterocycles. The second-order valence-electron chi connectivity index (χ2n) is 8.52. The van der Waals surface area contributed by atoms with Gasteiger partial charge in [0.2, 0.25) is 10.0 Å². The number of sulfonamides is 1. The maximum atomic E-state index is 13.2. The Labute approximate surface area is 158 Å². The van der Waals surface area contributed by atoms with Crippen molar-refractivity contribution < 1.29 is 18.6 Å². The molecule has 2 saturated carbocycles. The molecule has 0 bridgehead atoms. The topological polar surface area (TPSA) is 89.9 Å². The second kappa shape index (κ2) is 9.32. The van der Waals surface area contributed by atoms with Crippen LogP contribution in [0.15, 0.2) is 0 Å². The fourth-order valence-electron chi connectivity index (χ4n) is 5.27. The molecule has 152 valence electrons. The van der Waals surface area contributed by atoms with Crippen molar-refractivity contribution in [3.8, 4) is 0 Å². The Balaban J connectivity index is 1.58. The van der Waals surface area contributed by atoms with Crippen molar-refractivity contribution >= 4 is 10.0 Å². The number of hydrogen-bond donors (Lipinski definition) is 3. The highest BCUT2D eigenvalue weighted by molar-refractivity contribution is 7.89. The van der Waals surface area contributed by atoms with Crippen molar-refractivity contribution in [3.05, 3.63) is 0 Å². The number of nitrogens with one attached hydrogen (secondary N) is 1. The summed E-state index contributed by atoms with van der Waals surface area (Å²) in [5.41, 5.74) is 0. The van der Waals surface area contributed by atoms with Crippen LogP contribution in [-0.4, -0.2) is 60.7 Å². The first-order valence-corrected chi connectivity index (χ1v) is 12.0. The van der Waals surface area contributed by atoms with Crippen LogP contribution in [0.4, 0.5) is 0 Å². The molecule has 0 amide bonds. The van der Waals surface area contributed by atoms with Gasteiger partial charge in [0.15, 0.2) is 0 Å². The molecule has 0 spiro atoms. The third kappa shape index (κ3) is 4.79. The summed E-state index contributed by atoms with van der Waals surface area (Å²) >= 11 is 0. The number of aliphatic hydroxyl groups excluding tert-OH is 2. The molecule has 0 aromatic carbocycles. The Hall–Kier alpha value is -0.210. The van der Waals surface area contributed by atoms with E-state index in [-0.39, 0.29) is 17.8 Å². The summed E-state index contributed by atoms with van der Waals surface area (Å²) in [6.07, 6.45) is 9.31. The summed E-state index contributed by atoms with van der Waals surface area (Å²) in [5.74, 6) is 1.29. The summed E-state index contributed by atoms with van der Waals surface area (Å²) in [6.45, 7) is 1.65. The average Bonchev–Trinajstić information content (AvgIpc) is 2.67. The molecule has 1 aliphatic heterocycles. The predicted octanol–water partition coefficient (Wildman–Crippen LogP) is 1.68. The van der Waals surface area contributed by atoms with Gasteiger partial charge in [-0.2, -0.15) is 0 Å². The summed E-state index contributed by atoms with van der Waals surface area (Å²) in [4.78, 5) is 0. The zero-order valence-electron chi connectivity index (χ0n) is 15.9. The van der Waals surface area contributed by atoms with E-state index in [1.807, 2.05) is 0 Å². The molecule has 1 saturated heterocycles. The lowest BCUT2D eigenvalue weighted by Crippen LogP contribution is -2.51. The lowest BCUT2D eigenvalue weighted by molar-refractivity contribution is 0.0454. The molecule has 3 rings (SSSR count). The Morgan fingerprint density at radius 2 is 1.81 bits per heavy atom. The Kier molecular flexibility index (Phi) is 7.36. The van der Waals surface area contributed by atoms with Crippen LogP contribution in [-0.2, 0) is 10.0 Å². The fraction of sp³-hybridized carbons (Fsp3) is 1.00. The standard InChI is InChI=1S/C19H36N2O4S/c22-12-4-10-20-19(23)17-7-3-11-21(14-17)26(24,25)18-9-8-15-5-1-2-6-16(15)13-18/h15-20,22-23H,1-14H2. The van der Waals surface area contributed by atoms with Gasteiger partial charge in [0.05, 0.1) is 5.25 Å². The molecular formula is C19H36N2O4S. The van der Waals surface area contributed by atoms with Gasteiger partial charge in [-0.15, -0.1) is 0 Å². The van der Waals surface area contributed by atoms with Gasteiger partial charge in [-0.1, -0.05) is 25.7 Å². The first kappa shape index (κ1) is 20.5. The van der Waals surface area contributed by atoms with Gasteiger partial charge in [0.1, 0.15) is 6.23 Å². The highest BCUT2D eigenvalue weighted by Crippen LogP contribution is 2.43. The molecule has 0 aromatic rings. The largest absolute Gasteiger partial charge is 0.396 e. The maximum absolute atomic E-state index is 13.2. The Morgan fingerprint density at radius 3 is 2.58 bits per heavy atom. The number of aliphatic hydroxyl groups is 2. The summed E-state index contributed by atoms with van der Waals surface area (Å²) in [6, 6.07) is 0. The molecule has 0 radical (unpaired) electrons. The van der Waals surface area contributed by atoms with Gasteiger partial charge < -0.3 is 10.2 Å². The zero-order valence-corrected chi connectivity index (χ0v) is 16.7. The fourth-order valence-corrected chi connectivity index (χ4v) is 7.40. The van der Waals surface area contributed by atoms with E-state index >= 15 is 0 Å². The molecular weight excluding hydrogens is 352 g/mol. The minimum absolute atomic E-state index is 0.0664. The van der Waals surface area contributed by atoms with Crippen molar-refractivity contribution in [1.82, 2.24) is 9.62 Å². The van der Waals surface area contributed by atoms with E-state index in [0.717, 1.165) is 38.0 Å². The van der Waals surface area contributed by atoms with Crippen LogP contribution in [0, 0.1) is 17.8 Å². The van der Waals surface area contributed by atoms with Gasteiger partial charge in [0.25, 0.3) is 0 Å². The van der Waals surface area contributed by atoms with Crippen LogP contribution < -0.4 is 5.32 Å². The number of fused-ring (bicyclic) bond motifs is 1. The van der Waals surface area contributed by atoms with Gasteiger partial charge in [-0.25, -0.2) is 12.7 Å². The summed E-state index contributed by atoms with van der Waals surface area (Å²) < 4.78 is 28.1. The van der Waals surface area contributed by atoms with Crippen molar-refractivity contribution in [1.29, 1.82) is 0 Å². The lowest BCUT2D eigenvalue weighted by Gasteiger charge is -2.42. The highest BCUT2D eigenvalue weighted by Gasteiger charge is 2.42. The van der Waals surface area contributed by atoms with Gasteiger partial charge in [-0.3, -0.25) is 5.32 Å². The molecule has 6 nitrogen and oxygen atoms in total. The monoisotopic (exact) mass is 388 g/mol. The van der Waals surface area contributed by atoms with E-state index in [4.69, 9.17) is 5.11 Å². The first-order chi connectivity index (χ1) is 12.5. The molecule has 26 heavy (non-hydrogen) atoms. The first-order valence-electron chi connectivity index (χ1n) is 10.5. The molecule has 7 heteroatoms. The maximum Gasteiger partial charge on any atom is 0.217 e. The van der Waals surface area contributed by atoms with Gasteiger partial charge >= 0.3 is 0 Å². The Bertz CT molecular complexity index is 542. The SMILES string of the molecule is O=S(=O)(C1CCC2CCCCC2C1)N1CCCC(C(O)NCCCO)C1. The summed E-state index contributed by atoms with van der Waals surface area (Å²) in [5, 5.41) is 22.0. The lowest BCUT2D eigenvalue weighted by atomic mass is 9.71. The van der Waals surface area contributed by atoms with Crippen LogP contribution in [0.25, 0.3) is 0 Å². The predicted molar refractivity (Wildman–Crippen MR) is 102 cm³/mol. The van der Waals surface area contributed by atoms with Crippen LogP contribution in [0.5, 0.6) is 0 Å². The molecule has 0 aromatic heterocycles. The van der Waals surface area contributed by atoms with E-state index in [2.05, 4.69) is 5.32 Å². The molecule has 3 fully saturated rings. The van der Waals surface area contributed by atoms with E-state index in [0.29, 0.717) is 32.0 Å². The van der Waals surface area contributed by atoms with Crippen LogP contribution in [0.3, 0.4) is 0 Å². The highest BCUT2D eigenvalue weighted by atomic mass is 32.2. The molecule has 5 atom stereocenters. The van der Waals surface area contributed by atoms with Crippen LogP contribution in [0.1, 0.15) is 64.2 Å². The quantitative estimate of drug-likeness (QED) is 0.456. The minimum Gasteiger partial charge on any atom is -0.396 e. The van der Waals surface area contributed by atoms with E-state index in [9.17, 15) is 13.5 Å². The third-order valence-corrected chi connectivity index (χ3v) is 9.15. The molecule has 5 unspecified atom stereocenters. The molecule has 2 aliphatic carbocycles. The normalized spacial score (nSPS) is 35.0. The molecule has 3 N–H and O–H groups in total. The zero-order chi connectivity index (χ0) is 18.6. The Morgan fingerprint density at radius 1 is 1.04 bits per heavy atom. The summed E-state index contributed by atoms with van der Waals surface area (Å²) in [7, 11) is -3.27. The van der Waals surface area contributed by atoms with Gasteiger partial charge in [0, 0.05) is 25.6 Å². The second-order valence-corrected chi connectivity index (χ2v) is 10.7. The third-order valence-electron chi connectivity index (χ3n) is 6.83. The van der Waals surface area contributed by atoms with Crippen molar-refractivity contribution in [3.63, 3.8) is 0 Å². The minimum atomic E-state index is -3.27. The van der Waals surface area contributed by atoms with E-state index < -0.39 is 16.3 Å². The van der Waals surface area contributed by atoms with Gasteiger partial charge in [-0.05, 0) is 56.9 Å². The number of rotatable bonds is 7. The average molecular weight is 389 g/mol. The van der Waals surface area contributed by atoms with Crippen LogP contribution >= 0.6 is 0 Å². The van der Waals surface area contributed by atoms with Crippen LogP contribution in [0.2, 0.25) is 0 Å². The number of hydrogen-bond acceptors (Lipinski definition) is 5. The van der Waals surface area contributed by atoms with E-state index in [1.165, 1.54) is 25.7 Å². The van der Waals surface area contributed by atoms with Crippen molar-refractivity contribution in [2.75, 3.05) is 26.2 Å². The molecule has 3 aliphatic rings. The van der Waals surface area contributed by atoms with Crippen molar-refractivity contribution in [2.45, 2.75) is 75.7 Å². The smallest absolute Gasteiger partial charge is 0.217 e. The van der Waals surface area contributed by atoms with E-state index in [1.54, 1.807) is 4.31 Å². The number of piperidine rings is 1. The number of nitrogens with zero attached hydrogens (tertiary/aromatic N) is 1. The van der Waals surface area contributed by atoms with Crippen molar-refractivity contribution in [2.24, 2.45) is 17.8 Å².